The second-order valence-electron chi connectivity index (χ2n) is 4.96. The minimum atomic E-state index is -0.132. The highest BCUT2D eigenvalue weighted by Crippen LogP contribution is 2.29. The lowest BCUT2D eigenvalue weighted by molar-refractivity contribution is -0.117. The maximum atomic E-state index is 12.0. The molecule has 1 aromatic heterocycles. The summed E-state index contributed by atoms with van der Waals surface area (Å²) in [5, 5.41) is 3.54. The predicted molar refractivity (Wildman–Crippen MR) is 90.5 cm³/mol. The molecule has 1 amide bonds. The Morgan fingerprint density at radius 3 is 2.77 bits per heavy atom. The minimum absolute atomic E-state index is 0.132. The Bertz CT molecular complexity index is 635. The van der Waals surface area contributed by atoms with Gasteiger partial charge in [0.15, 0.2) is 0 Å². The molecule has 0 radical (unpaired) electrons. The third kappa shape index (κ3) is 4.98. The molecule has 1 heterocycles. The minimum Gasteiger partial charge on any atom is -0.324 e. The van der Waals surface area contributed by atoms with Gasteiger partial charge in [0, 0.05) is 24.9 Å². The van der Waals surface area contributed by atoms with Gasteiger partial charge in [-0.25, -0.2) is 0 Å². The molecule has 1 aromatic carbocycles. The Morgan fingerprint density at radius 1 is 1.23 bits per heavy atom. The van der Waals surface area contributed by atoms with Gasteiger partial charge in [-0.1, -0.05) is 35.3 Å². The van der Waals surface area contributed by atoms with Crippen LogP contribution in [0.1, 0.15) is 5.69 Å². The molecule has 0 saturated carbocycles. The molecule has 4 nitrogen and oxygen atoms in total. The zero-order valence-electron chi connectivity index (χ0n) is 12.2. The number of pyridine rings is 1. The Labute approximate surface area is 140 Å². The molecule has 0 aliphatic carbocycles. The van der Waals surface area contributed by atoms with Crippen LogP contribution < -0.4 is 5.32 Å². The summed E-state index contributed by atoms with van der Waals surface area (Å²) in [4.78, 5) is 18.2. The fraction of sp³-hybridized carbons (Fsp3) is 0.250. The Kier molecular flexibility index (Phi) is 6.19. The van der Waals surface area contributed by atoms with Gasteiger partial charge in [0.1, 0.15) is 0 Å². The fourth-order valence-corrected chi connectivity index (χ4v) is 2.31. The normalized spacial score (nSPS) is 10.7. The Morgan fingerprint density at radius 2 is 2.05 bits per heavy atom. The second-order valence-corrected chi connectivity index (χ2v) is 5.74. The lowest BCUT2D eigenvalue weighted by Crippen LogP contribution is -2.31. The molecule has 0 fully saturated rings. The molecular formula is C16H17Cl2N3O. The second kappa shape index (κ2) is 8.13. The maximum absolute atomic E-state index is 12.0. The summed E-state index contributed by atoms with van der Waals surface area (Å²) in [6.45, 7) is 1.02. The van der Waals surface area contributed by atoms with Crippen molar-refractivity contribution in [2.75, 3.05) is 25.5 Å². The molecule has 0 unspecified atom stereocenters. The molecule has 2 aromatic rings. The van der Waals surface area contributed by atoms with Gasteiger partial charge in [-0.05, 0) is 31.3 Å². The van der Waals surface area contributed by atoms with Gasteiger partial charge in [-0.15, -0.1) is 0 Å². The number of amides is 1. The zero-order chi connectivity index (χ0) is 15.9. The summed E-state index contributed by atoms with van der Waals surface area (Å²) >= 11 is 12.0. The summed E-state index contributed by atoms with van der Waals surface area (Å²) in [6, 6.07) is 11.0. The molecule has 0 spiro atoms. The summed E-state index contributed by atoms with van der Waals surface area (Å²) in [7, 11) is 1.89. The van der Waals surface area contributed by atoms with Crippen LogP contribution in [0.3, 0.4) is 0 Å². The first kappa shape index (κ1) is 16.7. The highest BCUT2D eigenvalue weighted by atomic mass is 35.5. The predicted octanol–water partition coefficient (Wildman–Crippen LogP) is 3.50. The standard InChI is InChI=1S/C16H17Cl2N3O/c1-21(10-8-12-5-2-3-9-19-12)11-15(22)20-14-7-4-6-13(17)16(14)18/h2-7,9H,8,10-11H2,1H3,(H,20,22). The van der Waals surface area contributed by atoms with Crippen molar-refractivity contribution < 1.29 is 4.79 Å². The number of carbonyl (C=O) groups excluding carboxylic acids is 1. The number of likely N-dealkylation sites (N-methyl/N-ethyl adjacent to an activating group) is 1. The molecule has 0 atom stereocenters. The van der Waals surface area contributed by atoms with Crippen molar-refractivity contribution in [1.82, 2.24) is 9.88 Å². The van der Waals surface area contributed by atoms with E-state index in [0.29, 0.717) is 15.7 Å². The van der Waals surface area contributed by atoms with Crippen molar-refractivity contribution in [3.8, 4) is 0 Å². The number of nitrogens with one attached hydrogen (secondary N) is 1. The molecular weight excluding hydrogens is 321 g/mol. The van der Waals surface area contributed by atoms with E-state index in [2.05, 4.69) is 10.3 Å². The van der Waals surface area contributed by atoms with Crippen molar-refractivity contribution in [1.29, 1.82) is 0 Å². The number of halogens is 2. The van der Waals surface area contributed by atoms with Crippen LogP contribution in [-0.4, -0.2) is 35.9 Å². The van der Waals surface area contributed by atoms with E-state index in [1.165, 1.54) is 0 Å². The van der Waals surface area contributed by atoms with E-state index in [-0.39, 0.29) is 12.5 Å². The quantitative estimate of drug-likeness (QED) is 0.877. The monoisotopic (exact) mass is 337 g/mol. The third-order valence-electron chi connectivity index (χ3n) is 3.12. The number of anilines is 1. The van der Waals surface area contributed by atoms with Crippen molar-refractivity contribution in [2.24, 2.45) is 0 Å². The lowest BCUT2D eigenvalue weighted by atomic mass is 10.2. The van der Waals surface area contributed by atoms with Crippen LogP contribution in [0.5, 0.6) is 0 Å². The Hall–Kier alpha value is -1.62. The number of hydrogen-bond acceptors (Lipinski definition) is 3. The fourth-order valence-electron chi connectivity index (χ4n) is 1.97. The van der Waals surface area contributed by atoms with Crippen molar-refractivity contribution in [3.63, 3.8) is 0 Å². The number of hydrogen-bond donors (Lipinski definition) is 1. The van der Waals surface area contributed by atoms with Crippen LogP contribution in [0.25, 0.3) is 0 Å². The molecule has 6 heteroatoms. The van der Waals surface area contributed by atoms with E-state index in [4.69, 9.17) is 23.2 Å². The first-order valence-electron chi connectivity index (χ1n) is 6.88. The molecule has 0 aliphatic heterocycles. The number of carbonyl (C=O) groups is 1. The topological polar surface area (TPSA) is 45.2 Å². The molecule has 0 saturated heterocycles. The van der Waals surface area contributed by atoms with E-state index in [1.54, 1.807) is 24.4 Å². The average molecular weight is 338 g/mol. The summed E-state index contributed by atoms with van der Waals surface area (Å²) in [6.07, 6.45) is 2.56. The van der Waals surface area contributed by atoms with Crippen molar-refractivity contribution >= 4 is 34.8 Å². The van der Waals surface area contributed by atoms with Crippen LogP contribution in [0.2, 0.25) is 10.0 Å². The summed E-state index contributed by atoms with van der Waals surface area (Å²) in [5.41, 5.74) is 1.53. The van der Waals surface area contributed by atoms with E-state index in [0.717, 1.165) is 18.7 Å². The molecule has 0 aliphatic rings. The van der Waals surface area contributed by atoms with Gasteiger partial charge < -0.3 is 5.32 Å². The van der Waals surface area contributed by atoms with Crippen LogP contribution in [0.4, 0.5) is 5.69 Å². The SMILES string of the molecule is CN(CCc1ccccn1)CC(=O)Nc1cccc(Cl)c1Cl. The smallest absolute Gasteiger partial charge is 0.238 e. The summed E-state index contributed by atoms with van der Waals surface area (Å²) in [5.74, 6) is -0.132. The van der Waals surface area contributed by atoms with Gasteiger partial charge in [0.05, 0.1) is 22.3 Å². The van der Waals surface area contributed by atoms with Gasteiger partial charge in [-0.3, -0.25) is 14.7 Å². The number of nitrogens with zero attached hydrogens (tertiary/aromatic N) is 2. The van der Waals surface area contributed by atoms with Gasteiger partial charge in [0.2, 0.25) is 5.91 Å². The number of rotatable bonds is 6. The van der Waals surface area contributed by atoms with E-state index < -0.39 is 0 Å². The van der Waals surface area contributed by atoms with Crippen molar-refractivity contribution in [3.05, 3.63) is 58.3 Å². The van der Waals surface area contributed by atoms with Crippen LogP contribution >= 0.6 is 23.2 Å². The zero-order valence-corrected chi connectivity index (χ0v) is 13.7. The molecule has 0 bridgehead atoms. The van der Waals surface area contributed by atoms with Crippen LogP contribution in [0.15, 0.2) is 42.6 Å². The van der Waals surface area contributed by atoms with Crippen LogP contribution in [0, 0.1) is 0 Å². The molecule has 1 N–H and O–H groups in total. The van der Waals surface area contributed by atoms with Gasteiger partial charge in [0.25, 0.3) is 0 Å². The molecule has 116 valence electrons. The number of aromatic nitrogens is 1. The van der Waals surface area contributed by atoms with Gasteiger partial charge >= 0.3 is 0 Å². The van der Waals surface area contributed by atoms with E-state index in [9.17, 15) is 4.79 Å². The van der Waals surface area contributed by atoms with E-state index in [1.807, 2.05) is 30.1 Å². The summed E-state index contributed by atoms with van der Waals surface area (Å²) < 4.78 is 0. The first-order chi connectivity index (χ1) is 10.6. The number of benzene rings is 1. The van der Waals surface area contributed by atoms with Crippen molar-refractivity contribution in [2.45, 2.75) is 6.42 Å². The Balaban J connectivity index is 1.82. The third-order valence-corrected chi connectivity index (χ3v) is 3.93. The highest BCUT2D eigenvalue weighted by molar-refractivity contribution is 6.43. The largest absolute Gasteiger partial charge is 0.324 e. The molecule has 2 rings (SSSR count). The van der Waals surface area contributed by atoms with E-state index >= 15 is 0 Å². The maximum Gasteiger partial charge on any atom is 0.238 e. The highest BCUT2D eigenvalue weighted by Gasteiger charge is 2.10. The average Bonchev–Trinajstić information content (AvgIpc) is 2.51. The first-order valence-corrected chi connectivity index (χ1v) is 7.64. The lowest BCUT2D eigenvalue weighted by Gasteiger charge is -2.16. The molecule has 22 heavy (non-hydrogen) atoms. The van der Waals surface area contributed by atoms with Gasteiger partial charge in [-0.2, -0.15) is 0 Å². The van der Waals surface area contributed by atoms with Crippen LogP contribution in [-0.2, 0) is 11.2 Å².